The summed E-state index contributed by atoms with van der Waals surface area (Å²) in [5.41, 5.74) is 0.797. The number of thiazole rings is 1. The van der Waals surface area contributed by atoms with Gasteiger partial charge in [0, 0.05) is 25.4 Å². The van der Waals surface area contributed by atoms with Crippen LogP contribution in [0.2, 0.25) is 0 Å². The second-order valence-electron chi connectivity index (χ2n) is 5.37. The fraction of sp³-hybridized carbons (Fsp3) is 0.643. The van der Waals surface area contributed by atoms with Gasteiger partial charge >= 0.3 is 0 Å². The normalized spacial score (nSPS) is 22.7. The number of likely N-dealkylation sites (tertiary alicyclic amines) is 1. The Hall–Kier alpha value is -1.47. The molecule has 2 amide bonds. The molecule has 1 aromatic rings. The predicted octanol–water partition coefficient (Wildman–Crippen LogP) is 0.482. The molecule has 6 nitrogen and oxygen atoms in total. The van der Waals surface area contributed by atoms with E-state index in [2.05, 4.69) is 10.3 Å². The summed E-state index contributed by atoms with van der Waals surface area (Å²) in [5.74, 6) is -0.132. The van der Waals surface area contributed by atoms with Crippen LogP contribution in [0.4, 0.5) is 0 Å². The van der Waals surface area contributed by atoms with Crippen LogP contribution in [0, 0.1) is 6.92 Å². The van der Waals surface area contributed by atoms with Crippen LogP contribution in [-0.4, -0.2) is 52.0 Å². The highest BCUT2D eigenvalue weighted by molar-refractivity contribution is 7.09. The minimum absolute atomic E-state index is 0.0241. The Bertz CT molecular complexity index is 517. The largest absolute Gasteiger partial charge is 0.391 e. The molecule has 0 radical (unpaired) electrons. The lowest BCUT2D eigenvalue weighted by Gasteiger charge is -2.20. The lowest BCUT2D eigenvalue weighted by Crippen LogP contribution is -2.42. The Labute approximate surface area is 128 Å². The Morgan fingerprint density at radius 3 is 2.81 bits per heavy atom. The first-order valence-electron chi connectivity index (χ1n) is 7.09. The number of rotatable bonds is 3. The number of hydrogen-bond acceptors (Lipinski definition) is 5. The van der Waals surface area contributed by atoms with E-state index in [1.54, 1.807) is 4.90 Å². The van der Waals surface area contributed by atoms with Crippen LogP contribution < -0.4 is 5.32 Å². The molecule has 1 saturated heterocycles. The fourth-order valence-corrected chi connectivity index (χ4v) is 3.14. The van der Waals surface area contributed by atoms with Gasteiger partial charge in [-0.3, -0.25) is 9.59 Å². The molecule has 2 rings (SSSR count). The molecule has 2 N–H and O–H groups in total. The Balaban J connectivity index is 1.92. The van der Waals surface area contributed by atoms with Crippen molar-refractivity contribution in [2.24, 2.45) is 0 Å². The maximum Gasteiger partial charge on any atom is 0.228 e. The van der Waals surface area contributed by atoms with Gasteiger partial charge in [0.15, 0.2) is 0 Å². The molecule has 2 heterocycles. The zero-order valence-electron chi connectivity index (χ0n) is 12.3. The second-order valence-corrected chi connectivity index (χ2v) is 6.43. The third-order valence-electron chi connectivity index (χ3n) is 3.61. The minimum atomic E-state index is -0.604. The first-order valence-corrected chi connectivity index (χ1v) is 7.97. The van der Waals surface area contributed by atoms with Gasteiger partial charge in [-0.1, -0.05) is 0 Å². The highest BCUT2D eigenvalue weighted by atomic mass is 32.1. The second kappa shape index (κ2) is 7.00. The molecule has 1 aromatic heterocycles. The van der Waals surface area contributed by atoms with Gasteiger partial charge in [0.05, 0.1) is 29.3 Å². The van der Waals surface area contributed by atoms with E-state index in [9.17, 15) is 14.7 Å². The molecule has 0 aliphatic carbocycles. The molecule has 116 valence electrons. The lowest BCUT2D eigenvalue weighted by molar-refractivity contribution is -0.130. The topological polar surface area (TPSA) is 82.5 Å². The summed E-state index contributed by atoms with van der Waals surface area (Å²) >= 11 is 1.54. The summed E-state index contributed by atoms with van der Waals surface area (Å²) < 4.78 is 0. The van der Waals surface area contributed by atoms with Crippen molar-refractivity contribution in [1.82, 2.24) is 15.2 Å². The van der Waals surface area contributed by atoms with E-state index in [-0.39, 0.29) is 17.9 Å². The molecule has 1 aliphatic rings. The van der Waals surface area contributed by atoms with Gasteiger partial charge in [-0.15, -0.1) is 11.3 Å². The summed E-state index contributed by atoms with van der Waals surface area (Å²) in [5, 5.41) is 15.6. The van der Waals surface area contributed by atoms with Gasteiger partial charge in [0.1, 0.15) is 0 Å². The number of carbonyl (C=O) groups is 2. The number of aromatic nitrogens is 1. The number of hydrogen-bond donors (Lipinski definition) is 2. The molecular weight excluding hydrogens is 290 g/mol. The summed E-state index contributed by atoms with van der Waals surface area (Å²) in [6.45, 7) is 4.41. The van der Waals surface area contributed by atoms with E-state index in [0.717, 1.165) is 10.7 Å². The molecule has 21 heavy (non-hydrogen) atoms. The van der Waals surface area contributed by atoms with E-state index >= 15 is 0 Å². The van der Waals surface area contributed by atoms with Gasteiger partial charge in [-0.05, 0) is 19.8 Å². The van der Waals surface area contributed by atoms with E-state index in [4.69, 9.17) is 0 Å². The van der Waals surface area contributed by atoms with Crippen molar-refractivity contribution in [3.05, 3.63) is 16.1 Å². The summed E-state index contributed by atoms with van der Waals surface area (Å²) in [7, 11) is 0. The maximum atomic E-state index is 12.3. The quantitative estimate of drug-likeness (QED) is 0.851. The standard InChI is InChI=1S/C14H21N3O3S/c1-9(18)15-12-3-5-17(6-4-13(12)19)14(20)7-11-8-21-10(2)16-11/h8,12-13,19H,3-7H2,1-2H3,(H,15,18)/t12-,13-/m0/s1. The number of amides is 2. The summed E-state index contributed by atoms with van der Waals surface area (Å²) in [6.07, 6.45) is 0.744. The molecule has 0 saturated carbocycles. The van der Waals surface area contributed by atoms with Crippen molar-refractivity contribution in [3.8, 4) is 0 Å². The predicted molar refractivity (Wildman–Crippen MR) is 80.0 cm³/mol. The van der Waals surface area contributed by atoms with Crippen molar-refractivity contribution in [3.63, 3.8) is 0 Å². The van der Waals surface area contributed by atoms with Crippen LogP contribution in [0.25, 0.3) is 0 Å². The van der Waals surface area contributed by atoms with Crippen molar-refractivity contribution in [2.45, 2.75) is 45.3 Å². The van der Waals surface area contributed by atoms with Gasteiger partial charge < -0.3 is 15.3 Å². The monoisotopic (exact) mass is 311 g/mol. The number of nitrogens with one attached hydrogen (secondary N) is 1. The number of aryl methyl sites for hydroxylation is 1. The van der Waals surface area contributed by atoms with Crippen molar-refractivity contribution in [1.29, 1.82) is 0 Å². The van der Waals surface area contributed by atoms with Crippen LogP contribution in [0.1, 0.15) is 30.5 Å². The van der Waals surface area contributed by atoms with Crippen LogP contribution in [-0.2, 0) is 16.0 Å². The zero-order chi connectivity index (χ0) is 15.4. The summed E-state index contributed by atoms with van der Waals surface area (Å²) in [6, 6.07) is -0.276. The molecular formula is C14H21N3O3S. The first-order chi connectivity index (χ1) is 9.95. The van der Waals surface area contributed by atoms with E-state index in [1.807, 2.05) is 12.3 Å². The van der Waals surface area contributed by atoms with E-state index < -0.39 is 6.10 Å². The number of carbonyl (C=O) groups excluding carboxylic acids is 2. The average molecular weight is 311 g/mol. The zero-order valence-corrected chi connectivity index (χ0v) is 13.2. The van der Waals surface area contributed by atoms with Crippen molar-refractivity contribution in [2.75, 3.05) is 13.1 Å². The van der Waals surface area contributed by atoms with Gasteiger partial charge in [-0.25, -0.2) is 4.98 Å². The third kappa shape index (κ3) is 4.50. The molecule has 0 bridgehead atoms. The Morgan fingerprint density at radius 1 is 1.48 bits per heavy atom. The third-order valence-corrected chi connectivity index (χ3v) is 4.43. The first kappa shape index (κ1) is 15.9. The molecule has 7 heteroatoms. The van der Waals surface area contributed by atoms with E-state index in [1.165, 1.54) is 18.3 Å². The smallest absolute Gasteiger partial charge is 0.228 e. The number of aliphatic hydroxyl groups excluding tert-OH is 1. The fourth-order valence-electron chi connectivity index (χ4n) is 2.52. The van der Waals surface area contributed by atoms with Crippen LogP contribution in [0.3, 0.4) is 0 Å². The molecule has 1 fully saturated rings. The molecule has 0 aromatic carbocycles. The Kier molecular flexibility index (Phi) is 5.30. The number of aliphatic hydroxyl groups is 1. The van der Waals surface area contributed by atoms with Crippen LogP contribution in [0.15, 0.2) is 5.38 Å². The molecule has 0 unspecified atom stereocenters. The highest BCUT2D eigenvalue weighted by Gasteiger charge is 2.27. The molecule has 0 spiro atoms. The van der Waals surface area contributed by atoms with E-state index in [0.29, 0.717) is 32.4 Å². The number of nitrogens with zero attached hydrogens (tertiary/aromatic N) is 2. The van der Waals surface area contributed by atoms with Gasteiger partial charge in [0.25, 0.3) is 0 Å². The SMILES string of the molecule is CC(=O)N[C@H]1CCN(C(=O)Cc2csc(C)n2)CC[C@@H]1O. The maximum absolute atomic E-state index is 12.3. The molecule has 2 atom stereocenters. The van der Waals surface area contributed by atoms with Crippen molar-refractivity contribution < 1.29 is 14.7 Å². The minimum Gasteiger partial charge on any atom is -0.391 e. The van der Waals surface area contributed by atoms with Crippen LogP contribution in [0.5, 0.6) is 0 Å². The van der Waals surface area contributed by atoms with Crippen LogP contribution >= 0.6 is 11.3 Å². The van der Waals surface area contributed by atoms with Gasteiger partial charge in [-0.2, -0.15) is 0 Å². The Morgan fingerprint density at radius 2 is 2.19 bits per heavy atom. The lowest BCUT2D eigenvalue weighted by atomic mass is 10.1. The highest BCUT2D eigenvalue weighted by Crippen LogP contribution is 2.15. The molecule has 1 aliphatic heterocycles. The van der Waals surface area contributed by atoms with Gasteiger partial charge in [0.2, 0.25) is 11.8 Å². The summed E-state index contributed by atoms with van der Waals surface area (Å²) in [4.78, 5) is 29.5. The average Bonchev–Trinajstić information content (AvgIpc) is 2.72. The van der Waals surface area contributed by atoms with Crippen molar-refractivity contribution >= 4 is 23.2 Å².